The Morgan fingerprint density at radius 3 is 2.30 bits per heavy atom. The van der Waals surface area contributed by atoms with Gasteiger partial charge in [0, 0.05) is 17.6 Å². The number of rotatable bonds is 7. The standard InChI is InChI=1S/C14H18BrNO3S/c1-4-6-16(7-5-2)20(18,19)13-9-12(10-17)8-11(3)14(13)15/h4-5,8-9,17H,1-2,6-7,10H2,3H3. The highest BCUT2D eigenvalue weighted by Crippen LogP contribution is 2.29. The van der Waals surface area contributed by atoms with E-state index in [0.717, 1.165) is 5.56 Å². The summed E-state index contributed by atoms with van der Waals surface area (Å²) in [5, 5.41) is 9.23. The number of sulfonamides is 1. The lowest BCUT2D eigenvalue weighted by Gasteiger charge is -2.21. The number of nitrogens with zero attached hydrogens (tertiary/aromatic N) is 1. The van der Waals surface area contributed by atoms with E-state index in [1.165, 1.54) is 22.5 Å². The minimum Gasteiger partial charge on any atom is -0.392 e. The van der Waals surface area contributed by atoms with E-state index < -0.39 is 10.0 Å². The Morgan fingerprint density at radius 1 is 1.30 bits per heavy atom. The predicted molar refractivity (Wildman–Crippen MR) is 84.0 cm³/mol. The highest BCUT2D eigenvalue weighted by atomic mass is 79.9. The molecule has 4 nitrogen and oxygen atoms in total. The van der Waals surface area contributed by atoms with Crippen LogP contribution >= 0.6 is 15.9 Å². The van der Waals surface area contributed by atoms with Crippen molar-refractivity contribution in [3.63, 3.8) is 0 Å². The molecule has 0 unspecified atom stereocenters. The van der Waals surface area contributed by atoms with Gasteiger partial charge in [0.2, 0.25) is 10.0 Å². The van der Waals surface area contributed by atoms with E-state index in [0.29, 0.717) is 10.0 Å². The van der Waals surface area contributed by atoms with Crippen molar-refractivity contribution in [3.8, 4) is 0 Å². The van der Waals surface area contributed by atoms with Gasteiger partial charge in [0.15, 0.2) is 0 Å². The molecule has 0 aromatic heterocycles. The maximum atomic E-state index is 12.7. The molecule has 0 saturated carbocycles. The van der Waals surface area contributed by atoms with Crippen molar-refractivity contribution in [2.24, 2.45) is 0 Å². The van der Waals surface area contributed by atoms with Crippen LogP contribution in [0.3, 0.4) is 0 Å². The minimum atomic E-state index is -3.68. The van der Waals surface area contributed by atoms with Gasteiger partial charge < -0.3 is 5.11 Å². The fourth-order valence-corrected chi connectivity index (χ4v) is 4.20. The van der Waals surface area contributed by atoms with Gasteiger partial charge in [-0.25, -0.2) is 8.42 Å². The summed E-state index contributed by atoms with van der Waals surface area (Å²) in [5.74, 6) is 0. The Balaban J connectivity index is 3.43. The third-order valence-corrected chi connectivity index (χ3v) is 5.92. The SMILES string of the molecule is C=CCN(CC=C)S(=O)(=O)c1cc(CO)cc(C)c1Br. The molecule has 20 heavy (non-hydrogen) atoms. The first-order valence-corrected chi connectivity index (χ1v) is 8.23. The van der Waals surface area contributed by atoms with Crippen LogP contribution in [0.5, 0.6) is 0 Å². The molecule has 0 bridgehead atoms. The highest BCUT2D eigenvalue weighted by Gasteiger charge is 2.26. The van der Waals surface area contributed by atoms with Crippen LogP contribution in [0.25, 0.3) is 0 Å². The summed E-state index contributed by atoms with van der Waals surface area (Å²) in [6.07, 6.45) is 3.05. The third kappa shape index (κ3) is 3.58. The Bertz CT molecular complexity index is 601. The van der Waals surface area contributed by atoms with Crippen LogP contribution in [0.4, 0.5) is 0 Å². The fraction of sp³-hybridized carbons (Fsp3) is 0.286. The van der Waals surface area contributed by atoms with Crippen LogP contribution in [0, 0.1) is 6.92 Å². The molecule has 1 aromatic rings. The summed E-state index contributed by atoms with van der Waals surface area (Å²) in [5.41, 5.74) is 1.31. The quantitative estimate of drug-likeness (QED) is 0.761. The molecule has 0 radical (unpaired) electrons. The van der Waals surface area contributed by atoms with Gasteiger partial charge in [-0.05, 0) is 40.0 Å². The van der Waals surface area contributed by atoms with Gasteiger partial charge in [0.25, 0.3) is 0 Å². The predicted octanol–water partition coefficient (Wildman–Crippen LogP) is 2.61. The molecular weight excluding hydrogens is 342 g/mol. The number of aliphatic hydroxyl groups excluding tert-OH is 1. The Kier molecular flexibility index (Phi) is 6.13. The topological polar surface area (TPSA) is 57.6 Å². The number of hydrogen-bond acceptors (Lipinski definition) is 3. The van der Waals surface area contributed by atoms with Crippen molar-refractivity contribution in [3.05, 3.63) is 53.0 Å². The second-order valence-electron chi connectivity index (χ2n) is 4.28. The van der Waals surface area contributed by atoms with E-state index in [1.807, 2.05) is 0 Å². The molecule has 0 amide bonds. The minimum absolute atomic E-state index is 0.144. The molecule has 1 N–H and O–H groups in total. The van der Waals surface area contributed by atoms with E-state index >= 15 is 0 Å². The van der Waals surface area contributed by atoms with Gasteiger partial charge in [-0.1, -0.05) is 18.2 Å². The van der Waals surface area contributed by atoms with Crippen molar-refractivity contribution in [2.45, 2.75) is 18.4 Å². The zero-order chi connectivity index (χ0) is 15.3. The Morgan fingerprint density at radius 2 is 1.85 bits per heavy atom. The summed E-state index contributed by atoms with van der Waals surface area (Å²) in [7, 11) is -3.68. The first-order chi connectivity index (χ1) is 9.38. The molecule has 6 heteroatoms. The maximum Gasteiger partial charge on any atom is 0.244 e. The molecule has 0 aliphatic heterocycles. The van der Waals surface area contributed by atoms with Gasteiger partial charge in [-0.2, -0.15) is 4.31 Å². The molecule has 0 heterocycles. The summed E-state index contributed by atoms with van der Waals surface area (Å²) in [6.45, 7) is 9.11. The monoisotopic (exact) mass is 359 g/mol. The lowest BCUT2D eigenvalue weighted by Crippen LogP contribution is -2.31. The van der Waals surface area contributed by atoms with Crippen molar-refractivity contribution in [2.75, 3.05) is 13.1 Å². The number of hydrogen-bond donors (Lipinski definition) is 1. The second-order valence-corrected chi connectivity index (χ2v) is 6.98. The summed E-state index contributed by atoms with van der Waals surface area (Å²) in [4.78, 5) is 0.144. The number of aryl methyl sites for hydroxylation is 1. The van der Waals surface area contributed by atoms with Gasteiger partial charge in [-0.15, -0.1) is 13.2 Å². The van der Waals surface area contributed by atoms with Gasteiger partial charge >= 0.3 is 0 Å². The van der Waals surface area contributed by atoms with Crippen LogP contribution in [0.1, 0.15) is 11.1 Å². The first kappa shape index (κ1) is 17.1. The second kappa shape index (κ2) is 7.17. The zero-order valence-electron chi connectivity index (χ0n) is 11.3. The molecule has 0 saturated heterocycles. The molecule has 0 spiro atoms. The van der Waals surface area contributed by atoms with Gasteiger partial charge in [0.1, 0.15) is 0 Å². The Hall–Kier alpha value is -0.950. The maximum absolute atomic E-state index is 12.7. The average Bonchev–Trinajstić information content (AvgIpc) is 2.41. The summed E-state index contributed by atoms with van der Waals surface area (Å²) in [6, 6.07) is 3.22. The average molecular weight is 360 g/mol. The largest absolute Gasteiger partial charge is 0.392 e. The summed E-state index contributed by atoms with van der Waals surface area (Å²) >= 11 is 3.31. The lowest BCUT2D eigenvalue weighted by molar-refractivity contribution is 0.281. The number of benzene rings is 1. The molecule has 0 fully saturated rings. The zero-order valence-corrected chi connectivity index (χ0v) is 13.7. The number of halogens is 1. The molecule has 0 aliphatic rings. The van der Waals surface area contributed by atoms with Crippen LogP contribution in [0.2, 0.25) is 0 Å². The molecule has 0 aliphatic carbocycles. The van der Waals surface area contributed by atoms with Crippen molar-refractivity contribution in [1.82, 2.24) is 4.31 Å². The van der Waals surface area contributed by atoms with Crippen LogP contribution in [-0.2, 0) is 16.6 Å². The lowest BCUT2D eigenvalue weighted by atomic mass is 10.1. The van der Waals surface area contributed by atoms with E-state index in [1.54, 1.807) is 13.0 Å². The van der Waals surface area contributed by atoms with E-state index in [-0.39, 0.29) is 24.6 Å². The smallest absolute Gasteiger partial charge is 0.244 e. The van der Waals surface area contributed by atoms with Crippen molar-refractivity contribution in [1.29, 1.82) is 0 Å². The van der Waals surface area contributed by atoms with Crippen molar-refractivity contribution >= 4 is 26.0 Å². The molecule has 110 valence electrons. The van der Waals surface area contributed by atoms with E-state index in [4.69, 9.17) is 0 Å². The van der Waals surface area contributed by atoms with Crippen LogP contribution in [0.15, 0.2) is 46.8 Å². The summed E-state index contributed by atoms with van der Waals surface area (Å²) < 4.78 is 27.1. The highest BCUT2D eigenvalue weighted by molar-refractivity contribution is 9.10. The molecule has 1 rings (SSSR count). The Labute approximate surface area is 128 Å². The van der Waals surface area contributed by atoms with E-state index in [2.05, 4.69) is 29.1 Å². The van der Waals surface area contributed by atoms with Gasteiger partial charge in [0.05, 0.1) is 11.5 Å². The molecular formula is C14H18BrNO3S. The fourth-order valence-electron chi connectivity index (χ4n) is 1.79. The van der Waals surface area contributed by atoms with Gasteiger partial charge in [-0.3, -0.25) is 0 Å². The number of aliphatic hydroxyl groups is 1. The van der Waals surface area contributed by atoms with Crippen molar-refractivity contribution < 1.29 is 13.5 Å². The van der Waals surface area contributed by atoms with Crippen LogP contribution < -0.4 is 0 Å². The molecule has 0 atom stereocenters. The third-order valence-electron chi connectivity index (χ3n) is 2.75. The molecule has 1 aromatic carbocycles. The van der Waals surface area contributed by atoms with Crippen LogP contribution in [-0.4, -0.2) is 30.9 Å². The first-order valence-electron chi connectivity index (χ1n) is 6.00. The van der Waals surface area contributed by atoms with E-state index in [9.17, 15) is 13.5 Å². The normalized spacial score (nSPS) is 11.6.